The van der Waals surface area contributed by atoms with E-state index in [-0.39, 0.29) is 28.7 Å². The molecule has 2 aromatic carbocycles. The second kappa shape index (κ2) is 7.99. The minimum atomic E-state index is -1.16. The monoisotopic (exact) mass is 384 g/mol. The van der Waals surface area contributed by atoms with Crippen LogP contribution in [0, 0.1) is 0 Å². The van der Waals surface area contributed by atoms with Gasteiger partial charge in [-0.1, -0.05) is 6.07 Å². The lowest BCUT2D eigenvalue weighted by Gasteiger charge is -2.17. The fraction of sp³-hybridized carbons (Fsp3) is 0.250. The summed E-state index contributed by atoms with van der Waals surface area (Å²) in [5.74, 6) is -1.19. The Labute approximate surface area is 161 Å². The average molecular weight is 384 g/mol. The van der Waals surface area contributed by atoms with Crippen molar-refractivity contribution < 1.29 is 29.0 Å². The lowest BCUT2D eigenvalue weighted by Crippen LogP contribution is -2.24. The number of nitrogens with one attached hydrogen (secondary N) is 1. The zero-order valence-electron chi connectivity index (χ0n) is 15.5. The zero-order chi connectivity index (χ0) is 20.3. The van der Waals surface area contributed by atoms with Crippen LogP contribution in [-0.4, -0.2) is 43.7 Å². The molecule has 3 rings (SSSR count). The first kappa shape index (κ1) is 19.2. The molecule has 28 heavy (non-hydrogen) atoms. The van der Waals surface area contributed by atoms with Crippen molar-refractivity contribution >= 4 is 29.2 Å². The Kier molecular flexibility index (Phi) is 5.49. The Morgan fingerprint density at radius 2 is 1.89 bits per heavy atom. The second-order valence-corrected chi connectivity index (χ2v) is 6.22. The molecule has 1 aliphatic heterocycles. The van der Waals surface area contributed by atoms with E-state index in [1.807, 2.05) is 0 Å². The second-order valence-electron chi connectivity index (χ2n) is 6.22. The van der Waals surface area contributed by atoms with Crippen LogP contribution in [0.15, 0.2) is 36.4 Å². The number of amides is 2. The Morgan fingerprint density at radius 3 is 2.50 bits per heavy atom. The summed E-state index contributed by atoms with van der Waals surface area (Å²) < 4.78 is 10.4. The molecule has 2 aromatic rings. The van der Waals surface area contributed by atoms with Crippen molar-refractivity contribution in [1.82, 2.24) is 0 Å². The molecule has 1 saturated heterocycles. The highest BCUT2D eigenvalue weighted by Crippen LogP contribution is 2.37. The quantitative estimate of drug-likeness (QED) is 0.793. The number of aromatic carboxylic acids is 1. The summed E-state index contributed by atoms with van der Waals surface area (Å²) in [6.45, 7) is 0.621. The summed E-state index contributed by atoms with van der Waals surface area (Å²) in [5, 5.41) is 11.9. The fourth-order valence-corrected chi connectivity index (χ4v) is 3.11. The van der Waals surface area contributed by atoms with Gasteiger partial charge < -0.3 is 24.8 Å². The molecule has 0 unspecified atom stereocenters. The summed E-state index contributed by atoms with van der Waals surface area (Å²) in [4.78, 5) is 37.7. The first-order chi connectivity index (χ1) is 13.4. The van der Waals surface area contributed by atoms with Crippen molar-refractivity contribution in [2.45, 2.75) is 12.8 Å². The summed E-state index contributed by atoms with van der Waals surface area (Å²) in [7, 11) is 2.78. The molecule has 0 saturated carbocycles. The highest BCUT2D eigenvalue weighted by Gasteiger charge is 2.23. The predicted octanol–water partition coefficient (Wildman–Crippen LogP) is 2.78. The van der Waals surface area contributed by atoms with Crippen LogP contribution in [-0.2, 0) is 4.79 Å². The van der Waals surface area contributed by atoms with Crippen LogP contribution in [0.1, 0.15) is 33.6 Å². The average Bonchev–Trinajstić information content (AvgIpc) is 3.13. The number of carbonyl (C=O) groups excluding carboxylic acids is 2. The molecule has 0 aromatic heterocycles. The molecule has 1 fully saturated rings. The number of anilines is 2. The molecule has 146 valence electrons. The number of hydrogen-bond acceptors (Lipinski definition) is 5. The lowest BCUT2D eigenvalue weighted by molar-refractivity contribution is -0.117. The van der Waals surface area contributed by atoms with E-state index in [2.05, 4.69) is 5.32 Å². The van der Waals surface area contributed by atoms with Crippen LogP contribution < -0.4 is 19.7 Å². The zero-order valence-corrected chi connectivity index (χ0v) is 15.5. The van der Waals surface area contributed by atoms with Gasteiger partial charge in [0.2, 0.25) is 5.91 Å². The Bertz CT molecular complexity index is 940. The van der Waals surface area contributed by atoms with E-state index < -0.39 is 11.9 Å². The van der Waals surface area contributed by atoms with Crippen molar-refractivity contribution in [3.05, 3.63) is 47.5 Å². The minimum absolute atomic E-state index is 0.0260. The van der Waals surface area contributed by atoms with Gasteiger partial charge in [0.1, 0.15) is 0 Å². The molecule has 0 aliphatic carbocycles. The van der Waals surface area contributed by atoms with Crippen LogP contribution >= 0.6 is 0 Å². The van der Waals surface area contributed by atoms with Crippen molar-refractivity contribution in [3.63, 3.8) is 0 Å². The molecular weight excluding hydrogens is 364 g/mol. The van der Waals surface area contributed by atoms with Gasteiger partial charge in [-0.3, -0.25) is 9.59 Å². The van der Waals surface area contributed by atoms with E-state index in [1.165, 1.54) is 26.4 Å². The Hall–Kier alpha value is -3.55. The smallest absolute Gasteiger partial charge is 0.335 e. The molecule has 0 bridgehead atoms. The van der Waals surface area contributed by atoms with Gasteiger partial charge in [0.05, 0.1) is 25.5 Å². The summed E-state index contributed by atoms with van der Waals surface area (Å²) in [6.07, 6.45) is 1.28. The molecule has 8 nitrogen and oxygen atoms in total. The largest absolute Gasteiger partial charge is 0.493 e. The molecule has 1 aliphatic rings. The van der Waals surface area contributed by atoms with Crippen LogP contribution in [0.25, 0.3) is 0 Å². The number of carboxylic acids is 1. The third-order valence-corrected chi connectivity index (χ3v) is 4.47. The van der Waals surface area contributed by atoms with Crippen LogP contribution in [0.5, 0.6) is 11.5 Å². The van der Waals surface area contributed by atoms with Gasteiger partial charge >= 0.3 is 5.97 Å². The van der Waals surface area contributed by atoms with Gasteiger partial charge in [-0.15, -0.1) is 0 Å². The van der Waals surface area contributed by atoms with Crippen molar-refractivity contribution in [3.8, 4) is 11.5 Å². The molecule has 0 spiro atoms. The molecule has 1 heterocycles. The van der Waals surface area contributed by atoms with Crippen molar-refractivity contribution in [1.29, 1.82) is 0 Å². The molecular formula is C20H20N2O6. The molecule has 8 heteroatoms. The maximum Gasteiger partial charge on any atom is 0.335 e. The number of ether oxygens (including phenoxy) is 2. The summed E-state index contributed by atoms with van der Waals surface area (Å²) >= 11 is 0. The lowest BCUT2D eigenvalue weighted by atomic mass is 10.1. The number of rotatable bonds is 6. The topological polar surface area (TPSA) is 105 Å². The van der Waals surface area contributed by atoms with Gasteiger partial charge in [-0.25, -0.2) is 4.79 Å². The Morgan fingerprint density at radius 1 is 1.11 bits per heavy atom. The van der Waals surface area contributed by atoms with E-state index in [9.17, 15) is 19.5 Å². The minimum Gasteiger partial charge on any atom is -0.493 e. The fourth-order valence-electron chi connectivity index (χ4n) is 3.11. The maximum atomic E-state index is 12.8. The molecule has 2 amide bonds. The number of carboxylic acid groups (broad SMARTS) is 1. The van der Waals surface area contributed by atoms with Gasteiger partial charge in [0.15, 0.2) is 11.5 Å². The van der Waals surface area contributed by atoms with Crippen molar-refractivity contribution in [2.75, 3.05) is 31.0 Å². The Balaban J connectivity index is 1.92. The number of methoxy groups -OCH3 is 2. The van der Waals surface area contributed by atoms with Crippen LogP contribution in [0.4, 0.5) is 11.4 Å². The van der Waals surface area contributed by atoms with Gasteiger partial charge in [0, 0.05) is 24.2 Å². The normalized spacial score (nSPS) is 13.4. The molecule has 2 N–H and O–H groups in total. The maximum absolute atomic E-state index is 12.8. The van der Waals surface area contributed by atoms with Crippen LogP contribution in [0.2, 0.25) is 0 Å². The first-order valence-electron chi connectivity index (χ1n) is 8.65. The highest BCUT2D eigenvalue weighted by atomic mass is 16.5. The first-order valence-corrected chi connectivity index (χ1v) is 8.65. The summed E-state index contributed by atoms with van der Waals surface area (Å²) in [5.41, 5.74) is 1.11. The van der Waals surface area contributed by atoms with E-state index >= 15 is 0 Å². The van der Waals surface area contributed by atoms with Gasteiger partial charge in [-0.05, 0) is 36.8 Å². The number of carbonyl (C=O) groups is 3. The standard InChI is InChI=1S/C20H20N2O6/c1-27-16-11-13(20(25)26)10-15(18(16)28-2)21-19(24)12-5-3-6-14(9-12)22-8-4-7-17(22)23/h3,5-6,9-11H,4,7-8H2,1-2H3,(H,21,24)(H,25,26). The molecule has 0 atom stereocenters. The van der Waals surface area contributed by atoms with E-state index in [0.29, 0.717) is 24.2 Å². The van der Waals surface area contributed by atoms with Gasteiger partial charge in [0.25, 0.3) is 5.91 Å². The number of benzene rings is 2. The third-order valence-electron chi connectivity index (χ3n) is 4.47. The van der Waals surface area contributed by atoms with Crippen LogP contribution in [0.3, 0.4) is 0 Å². The van der Waals surface area contributed by atoms with E-state index in [1.54, 1.807) is 29.2 Å². The highest BCUT2D eigenvalue weighted by molar-refractivity contribution is 6.07. The predicted molar refractivity (Wildman–Crippen MR) is 102 cm³/mol. The van der Waals surface area contributed by atoms with E-state index in [0.717, 1.165) is 6.42 Å². The SMILES string of the molecule is COc1cc(C(=O)O)cc(NC(=O)c2cccc(N3CCCC3=O)c2)c1OC. The molecule has 0 radical (unpaired) electrons. The summed E-state index contributed by atoms with van der Waals surface area (Å²) in [6, 6.07) is 9.33. The van der Waals surface area contributed by atoms with Gasteiger partial charge in [-0.2, -0.15) is 0 Å². The van der Waals surface area contributed by atoms with Crippen molar-refractivity contribution in [2.24, 2.45) is 0 Å². The number of hydrogen-bond donors (Lipinski definition) is 2. The third kappa shape index (κ3) is 3.75. The van der Waals surface area contributed by atoms with E-state index in [4.69, 9.17) is 9.47 Å². The number of nitrogens with zero attached hydrogens (tertiary/aromatic N) is 1.